The van der Waals surface area contributed by atoms with Gasteiger partial charge in [-0.1, -0.05) is 30.3 Å². The second kappa shape index (κ2) is 9.92. The molecule has 0 fully saturated rings. The third kappa shape index (κ3) is 4.99. The van der Waals surface area contributed by atoms with E-state index in [2.05, 4.69) is 29.9 Å². The van der Waals surface area contributed by atoms with Gasteiger partial charge in [0.2, 0.25) is 11.8 Å². The Morgan fingerprint density at radius 2 is 1.64 bits per heavy atom. The van der Waals surface area contributed by atoms with E-state index in [0.29, 0.717) is 17.3 Å². The number of carbonyl (C=O) groups excluding carboxylic acids is 2. The Hall–Kier alpha value is -4.25. The van der Waals surface area contributed by atoms with Crippen LogP contribution >= 0.6 is 0 Å². The number of amides is 2. The Labute approximate surface area is 189 Å². The van der Waals surface area contributed by atoms with Gasteiger partial charge in [0.15, 0.2) is 0 Å². The lowest BCUT2D eigenvalue weighted by Gasteiger charge is -2.36. The van der Waals surface area contributed by atoms with Gasteiger partial charge < -0.3 is 31.3 Å². The third-order valence-electron chi connectivity index (χ3n) is 5.34. The molecule has 33 heavy (non-hydrogen) atoms. The molecule has 0 spiro atoms. The molecular formula is C22H25N9O2. The van der Waals surface area contributed by atoms with Crippen LogP contribution in [0.3, 0.4) is 0 Å². The molecule has 4 aromatic rings. The lowest BCUT2D eigenvalue weighted by Crippen LogP contribution is -2.56. The minimum Gasteiger partial charge on any atom is -0.368 e. The summed E-state index contributed by atoms with van der Waals surface area (Å²) in [5, 5.41) is 0. The van der Waals surface area contributed by atoms with Crippen LogP contribution in [0.15, 0.2) is 67.6 Å². The summed E-state index contributed by atoms with van der Waals surface area (Å²) in [6.07, 6.45) is 9.87. The van der Waals surface area contributed by atoms with Crippen molar-refractivity contribution in [3.63, 3.8) is 0 Å². The fourth-order valence-electron chi connectivity index (χ4n) is 3.80. The summed E-state index contributed by atoms with van der Waals surface area (Å²) in [7, 11) is 0. The fourth-order valence-corrected chi connectivity index (χ4v) is 3.80. The Bertz CT molecular complexity index is 1110. The molecule has 0 aliphatic carbocycles. The molecule has 0 radical (unpaired) electrons. The predicted octanol–water partition coefficient (Wildman–Crippen LogP) is 0.441. The first-order chi connectivity index (χ1) is 16.0. The lowest BCUT2D eigenvalue weighted by molar-refractivity contribution is -0.142. The first-order valence-electron chi connectivity index (χ1n) is 10.4. The second-order valence-corrected chi connectivity index (χ2v) is 7.59. The van der Waals surface area contributed by atoms with Crippen molar-refractivity contribution in [2.75, 3.05) is 0 Å². The molecule has 7 N–H and O–H groups in total. The summed E-state index contributed by atoms with van der Waals surface area (Å²) in [6, 6.07) is 6.62. The summed E-state index contributed by atoms with van der Waals surface area (Å²) in [5.74, 6) is -0.310. The number of hydrogen-bond donors (Lipinski definition) is 5. The smallest absolute Gasteiger partial charge is 0.241 e. The maximum absolute atomic E-state index is 13.8. The zero-order chi connectivity index (χ0) is 23.2. The van der Waals surface area contributed by atoms with E-state index in [9.17, 15) is 9.59 Å². The Morgan fingerprint density at radius 1 is 0.970 bits per heavy atom. The van der Waals surface area contributed by atoms with Gasteiger partial charge in [-0.2, -0.15) is 0 Å². The highest BCUT2D eigenvalue weighted by molar-refractivity contribution is 5.90. The molecule has 2 atom stereocenters. The van der Waals surface area contributed by atoms with Gasteiger partial charge in [-0.05, 0) is 12.0 Å². The van der Waals surface area contributed by atoms with E-state index < -0.39 is 29.9 Å². The highest BCUT2D eigenvalue weighted by atomic mass is 16.2. The van der Waals surface area contributed by atoms with Crippen molar-refractivity contribution in [2.24, 2.45) is 11.5 Å². The standard InChI is InChI=1S/C22H25N9O2/c23-16(10-14-4-2-1-3-5-14)22(33)31(17(19(24)32)11-15-12-25-13-30-15)18(20-26-6-7-27-20)21-28-8-9-29-21/h1-9,12-13,16-18H,10-11,23H2,(H2,24,32)(H,25,30)(H,26,27)(H,28,29)/t16-,17-/m0/s1. The van der Waals surface area contributed by atoms with E-state index in [4.69, 9.17) is 11.5 Å². The van der Waals surface area contributed by atoms with Gasteiger partial charge in [0.25, 0.3) is 0 Å². The van der Waals surface area contributed by atoms with Crippen molar-refractivity contribution < 1.29 is 9.59 Å². The molecule has 0 saturated heterocycles. The van der Waals surface area contributed by atoms with Crippen LogP contribution in [-0.2, 0) is 22.4 Å². The predicted molar refractivity (Wildman–Crippen MR) is 119 cm³/mol. The number of aromatic nitrogens is 6. The van der Waals surface area contributed by atoms with Gasteiger partial charge in [0.05, 0.1) is 12.4 Å². The van der Waals surface area contributed by atoms with Gasteiger partial charge >= 0.3 is 0 Å². The van der Waals surface area contributed by atoms with E-state index in [0.717, 1.165) is 5.56 Å². The molecule has 0 unspecified atom stereocenters. The zero-order valence-electron chi connectivity index (χ0n) is 17.8. The molecule has 0 aliphatic rings. The Balaban J connectivity index is 1.76. The maximum atomic E-state index is 13.8. The number of imidazole rings is 3. The normalized spacial score (nSPS) is 13.0. The highest BCUT2D eigenvalue weighted by Crippen LogP contribution is 2.28. The van der Waals surface area contributed by atoms with Crippen molar-refractivity contribution in [1.82, 2.24) is 34.8 Å². The zero-order valence-corrected chi connectivity index (χ0v) is 17.8. The van der Waals surface area contributed by atoms with Crippen molar-refractivity contribution in [1.29, 1.82) is 0 Å². The van der Waals surface area contributed by atoms with Gasteiger partial charge in [-0.15, -0.1) is 0 Å². The number of carbonyl (C=O) groups is 2. The quantitative estimate of drug-likeness (QED) is 0.236. The number of nitrogens with zero attached hydrogens (tertiary/aromatic N) is 4. The van der Waals surface area contributed by atoms with Crippen LogP contribution in [-0.4, -0.2) is 58.7 Å². The van der Waals surface area contributed by atoms with Crippen LogP contribution in [0.2, 0.25) is 0 Å². The molecule has 0 bridgehead atoms. The second-order valence-electron chi connectivity index (χ2n) is 7.59. The number of H-pyrrole nitrogens is 3. The maximum Gasteiger partial charge on any atom is 0.241 e. The molecule has 11 nitrogen and oxygen atoms in total. The summed E-state index contributed by atoms with van der Waals surface area (Å²) in [4.78, 5) is 49.6. The van der Waals surface area contributed by atoms with E-state index in [1.54, 1.807) is 31.0 Å². The lowest BCUT2D eigenvalue weighted by atomic mass is 10.0. The summed E-state index contributed by atoms with van der Waals surface area (Å²) >= 11 is 0. The number of benzene rings is 1. The molecule has 3 aromatic heterocycles. The topological polar surface area (TPSA) is 175 Å². The SMILES string of the molecule is NC(=O)[C@H](Cc1cnc[nH]1)N(C(=O)[C@@H](N)Cc1ccccc1)C(c1ncc[nH]1)c1ncc[nH]1. The number of nitrogens with two attached hydrogens (primary N) is 2. The van der Waals surface area contributed by atoms with Crippen LogP contribution in [0.4, 0.5) is 0 Å². The van der Waals surface area contributed by atoms with Crippen molar-refractivity contribution in [3.05, 3.63) is 90.5 Å². The third-order valence-corrected chi connectivity index (χ3v) is 5.34. The summed E-state index contributed by atoms with van der Waals surface area (Å²) in [5.41, 5.74) is 13.7. The van der Waals surface area contributed by atoms with Gasteiger partial charge in [-0.3, -0.25) is 9.59 Å². The van der Waals surface area contributed by atoms with Crippen LogP contribution < -0.4 is 11.5 Å². The Morgan fingerprint density at radius 3 is 2.15 bits per heavy atom. The first kappa shape index (κ1) is 22.0. The van der Waals surface area contributed by atoms with Crippen LogP contribution in [0.5, 0.6) is 0 Å². The molecular weight excluding hydrogens is 422 g/mol. The largest absolute Gasteiger partial charge is 0.368 e. The van der Waals surface area contributed by atoms with E-state index in [1.807, 2.05) is 30.3 Å². The molecule has 2 amide bonds. The average Bonchev–Trinajstić information content (AvgIpc) is 3.60. The molecule has 3 heterocycles. The summed E-state index contributed by atoms with van der Waals surface area (Å²) < 4.78 is 0. The van der Waals surface area contributed by atoms with Crippen molar-refractivity contribution >= 4 is 11.8 Å². The fraction of sp³-hybridized carbons (Fsp3) is 0.227. The minimum absolute atomic E-state index is 0.122. The molecule has 4 rings (SSSR count). The van der Waals surface area contributed by atoms with Crippen LogP contribution in [0, 0.1) is 0 Å². The van der Waals surface area contributed by atoms with E-state index >= 15 is 0 Å². The molecule has 0 aliphatic heterocycles. The molecule has 1 aromatic carbocycles. The monoisotopic (exact) mass is 447 g/mol. The van der Waals surface area contributed by atoms with Gasteiger partial charge in [-0.25, -0.2) is 15.0 Å². The highest BCUT2D eigenvalue weighted by Gasteiger charge is 2.40. The number of aromatic amines is 3. The number of nitrogens with one attached hydrogen (secondary N) is 3. The molecule has 170 valence electrons. The number of primary amides is 1. The number of rotatable bonds is 10. The summed E-state index contributed by atoms with van der Waals surface area (Å²) in [6.45, 7) is 0. The molecule has 11 heteroatoms. The van der Waals surface area contributed by atoms with E-state index in [-0.39, 0.29) is 12.8 Å². The van der Waals surface area contributed by atoms with Gasteiger partial charge in [0, 0.05) is 43.1 Å². The molecule has 0 saturated carbocycles. The van der Waals surface area contributed by atoms with Crippen LogP contribution in [0.25, 0.3) is 0 Å². The van der Waals surface area contributed by atoms with E-state index in [1.165, 1.54) is 11.2 Å². The van der Waals surface area contributed by atoms with Crippen molar-refractivity contribution in [3.8, 4) is 0 Å². The van der Waals surface area contributed by atoms with Crippen LogP contribution in [0.1, 0.15) is 28.9 Å². The number of hydrogen-bond acceptors (Lipinski definition) is 6. The average molecular weight is 448 g/mol. The Kier molecular flexibility index (Phi) is 6.60. The minimum atomic E-state index is -1.04. The first-order valence-corrected chi connectivity index (χ1v) is 10.4. The van der Waals surface area contributed by atoms with Crippen molar-refractivity contribution in [2.45, 2.75) is 31.0 Å². The van der Waals surface area contributed by atoms with Gasteiger partial charge in [0.1, 0.15) is 23.7 Å².